The molecule has 0 aliphatic carbocycles. The van der Waals surface area contributed by atoms with Gasteiger partial charge in [0.15, 0.2) is 0 Å². The van der Waals surface area contributed by atoms with Gasteiger partial charge in [-0.25, -0.2) is 4.79 Å². The molecule has 5 nitrogen and oxygen atoms in total. The van der Waals surface area contributed by atoms with Gasteiger partial charge in [-0.2, -0.15) is 0 Å². The molecule has 0 bridgehead atoms. The summed E-state index contributed by atoms with van der Waals surface area (Å²) in [5.74, 6) is -1.33. The van der Waals surface area contributed by atoms with E-state index in [0.29, 0.717) is 16.9 Å². The summed E-state index contributed by atoms with van der Waals surface area (Å²) in [5.41, 5.74) is 2.29. The van der Waals surface area contributed by atoms with Crippen LogP contribution in [0.3, 0.4) is 0 Å². The van der Waals surface area contributed by atoms with Crippen LogP contribution < -0.4 is 4.74 Å². The Hall–Kier alpha value is -2.95. The number of para-hydroxylation sites is 1. The highest BCUT2D eigenvalue weighted by molar-refractivity contribution is 6.22. The molecular weight excluding hydrogens is 330 g/mol. The first-order valence-corrected chi connectivity index (χ1v) is 8.57. The summed E-state index contributed by atoms with van der Waals surface area (Å²) >= 11 is 0. The van der Waals surface area contributed by atoms with Crippen molar-refractivity contribution in [3.63, 3.8) is 0 Å². The van der Waals surface area contributed by atoms with Gasteiger partial charge in [0.2, 0.25) is 0 Å². The average molecular weight is 351 g/mol. The quantitative estimate of drug-likeness (QED) is 0.480. The Morgan fingerprint density at radius 3 is 1.85 bits per heavy atom. The van der Waals surface area contributed by atoms with Gasteiger partial charge in [0, 0.05) is 0 Å². The lowest BCUT2D eigenvalue weighted by atomic mass is 10.0. The molecule has 0 radical (unpaired) electrons. The SMILES string of the molecule is Cc1cccc(C)c1OC(=O)[C@H](C(C)C)N1C(=O)c2ccccc2C1=O. The van der Waals surface area contributed by atoms with Crippen molar-refractivity contribution in [1.29, 1.82) is 0 Å². The van der Waals surface area contributed by atoms with E-state index in [4.69, 9.17) is 4.74 Å². The van der Waals surface area contributed by atoms with Gasteiger partial charge in [0.1, 0.15) is 11.8 Å². The van der Waals surface area contributed by atoms with Crippen LogP contribution in [0, 0.1) is 19.8 Å². The number of amides is 2. The number of rotatable bonds is 4. The topological polar surface area (TPSA) is 63.7 Å². The Kier molecular flexibility index (Phi) is 4.64. The van der Waals surface area contributed by atoms with Crippen molar-refractivity contribution >= 4 is 17.8 Å². The summed E-state index contributed by atoms with van der Waals surface area (Å²) in [6.45, 7) is 7.28. The molecule has 1 atom stereocenters. The standard InChI is InChI=1S/C21H21NO4/c1-12(2)17(21(25)26-18-13(3)8-7-9-14(18)4)22-19(23)15-10-5-6-11-16(15)20(22)24/h5-12,17H,1-4H3/t17-/m0/s1. The van der Waals surface area contributed by atoms with Gasteiger partial charge in [-0.1, -0.05) is 44.2 Å². The number of carbonyl (C=O) groups is 3. The molecule has 0 spiro atoms. The second-order valence-electron chi connectivity index (χ2n) is 6.86. The van der Waals surface area contributed by atoms with Crippen LogP contribution in [0.2, 0.25) is 0 Å². The van der Waals surface area contributed by atoms with Crippen molar-refractivity contribution in [3.8, 4) is 5.75 Å². The number of aryl methyl sites for hydroxylation is 2. The Morgan fingerprint density at radius 2 is 1.38 bits per heavy atom. The summed E-state index contributed by atoms with van der Waals surface area (Å²) in [7, 11) is 0. The summed E-state index contributed by atoms with van der Waals surface area (Å²) in [5, 5.41) is 0. The first-order valence-electron chi connectivity index (χ1n) is 8.57. The van der Waals surface area contributed by atoms with Crippen molar-refractivity contribution in [2.24, 2.45) is 5.92 Å². The maximum Gasteiger partial charge on any atom is 0.335 e. The highest BCUT2D eigenvalue weighted by atomic mass is 16.5. The van der Waals surface area contributed by atoms with Crippen molar-refractivity contribution < 1.29 is 19.1 Å². The third-order valence-corrected chi connectivity index (χ3v) is 4.59. The number of hydrogen-bond donors (Lipinski definition) is 0. The van der Waals surface area contributed by atoms with E-state index in [1.807, 2.05) is 32.0 Å². The van der Waals surface area contributed by atoms with Gasteiger partial charge in [-0.05, 0) is 43.0 Å². The maximum absolute atomic E-state index is 12.9. The van der Waals surface area contributed by atoms with Gasteiger partial charge >= 0.3 is 5.97 Å². The summed E-state index contributed by atoms with van der Waals surface area (Å²) < 4.78 is 5.62. The predicted octanol–water partition coefficient (Wildman–Crippen LogP) is 3.53. The minimum absolute atomic E-state index is 0.283. The number of hydrogen-bond acceptors (Lipinski definition) is 4. The van der Waals surface area contributed by atoms with Crippen LogP contribution in [0.4, 0.5) is 0 Å². The van der Waals surface area contributed by atoms with Crippen molar-refractivity contribution in [3.05, 3.63) is 64.7 Å². The summed E-state index contributed by atoms with van der Waals surface area (Å²) in [6, 6.07) is 11.2. The van der Waals surface area contributed by atoms with E-state index in [1.54, 1.807) is 38.1 Å². The van der Waals surface area contributed by atoms with E-state index in [-0.39, 0.29) is 5.92 Å². The molecule has 2 aromatic rings. The zero-order chi connectivity index (χ0) is 19.0. The number of benzene rings is 2. The number of carbonyl (C=O) groups excluding carboxylic acids is 3. The minimum Gasteiger partial charge on any atom is -0.424 e. The number of fused-ring (bicyclic) bond motifs is 1. The molecule has 1 aliphatic rings. The fourth-order valence-electron chi connectivity index (χ4n) is 3.26. The lowest BCUT2D eigenvalue weighted by molar-refractivity contribution is -0.140. The fraction of sp³-hybridized carbons (Fsp3) is 0.286. The van der Waals surface area contributed by atoms with Crippen LogP contribution in [0.25, 0.3) is 0 Å². The second kappa shape index (κ2) is 6.75. The Bertz CT molecular complexity index is 845. The van der Waals surface area contributed by atoms with E-state index in [0.717, 1.165) is 16.0 Å². The Morgan fingerprint density at radius 1 is 0.885 bits per heavy atom. The zero-order valence-corrected chi connectivity index (χ0v) is 15.3. The van der Waals surface area contributed by atoms with Crippen LogP contribution in [0.5, 0.6) is 5.75 Å². The molecule has 0 aromatic heterocycles. The van der Waals surface area contributed by atoms with Crippen LogP contribution in [-0.4, -0.2) is 28.7 Å². The number of nitrogens with zero attached hydrogens (tertiary/aromatic N) is 1. The molecule has 0 fully saturated rings. The van der Waals surface area contributed by atoms with Crippen molar-refractivity contribution in [2.45, 2.75) is 33.7 Å². The molecule has 0 unspecified atom stereocenters. The number of esters is 1. The molecule has 1 aliphatic heterocycles. The second-order valence-corrected chi connectivity index (χ2v) is 6.86. The van der Waals surface area contributed by atoms with Crippen LogP contribution in [0.1, 0.15) is 45.7 Å². The van der Waals surface area contributed by atoms with Gasteiger partial charge in [-0.3, -0.25) is 14.5 Å². The van der Waals surface area contributed by atoms with E-state index in [2.05, 4.69) is 0 Å². The smallest absolute Gasteiger partial charge is 0.335 e. The van der Waals surface area contributed by atoms with Crippen molar-refractivity contribution in [1.82, 2.24) is 4.90 Å². The third-order valence-electron chi connectivity index (χ3n) is 4.59. The molecule has 0 saturated carbocycles. The Labute approximate surface area is 152 Å². The molecule has 5 heteroatoms. The molecule has 0 saturated heterocycles. The molecule has 3 rings (SSSR count). The molecule has 2 amide bonds. The van der Waals surface area contributed by atoms with Gasteiger partial charge in [-0.15, -0.1) is 0 Å². The van der Waals surface area contributed by atoms with Crippen LogP contribution in [-0.2, 0) is 4.79 Å². The lowest BCUT2D eigenvalue weighted by Gasteiger charge is -2.27. The highest BCUT2D eigenvalue weighted by Gasteiger charge is 2.44. The normalized spacial score (nSPS) is 14.6. The van der Waals surface area contributed by atoms with Crippen LogP contribution >= 0.6 is 0 Å². The molecule has 134 valence electrons. The molecule has 0 N–H and O–H groups in total. The molecular formula is C21H21NO4. The monoisotopic (exact) mass is 351 g/mol. The van der Waals surface area contributed by atoms with Gasteiger partial charge < -0.3 is 4.74 Å². The molecule has 26 heavy (non-hydrogen) atoms. The number of ether oxygens (including phenoxy) is 1. The summed E-state index contributed by atoms with van der Waals surface area (Å²) in [4.78, 5) is 39.4. The van der Waals surface area contributed by atoms with Gasteiger partial charge in [0.05, 0.1) is 11.1 Å². The third kappa shape index (κ3) is 2.90. The van der Waals surface area contributed by atoms with E-state index >= 15 is 0 Å². The highest BCUT2D eigenvalue weighted by Crippen LogP contribution is 2.29. The van der Waals surface area contributed by atoms with Crippen molar-refractivity contribution in [2.75, 3.05) is 0 Å². The average Bonchev–Trinajstić information content (AvgIpc) is 2.84. The largest absolute Gasteiger partial charge is 0.424 e. The first kappa shape index (κ1) is 17.9. The van der Waals surface area contributed by atoms with E-state index in [9.17, 15) is 14.4 Å². The zero-order valence-electron chi connectivity index (χ0n) is 15.3. The maximum atomic E-state index is 12.9. The number of imide groups is 1. The fourth-order valence-corrected chi connectivity index (χ4v) is 3.26. The Balaban J connectivity index is 1.95. The molecule has 1 heterocycles. The van der Waals surface area contributed by atoms with Crippen LogP contribution in [0.15, 0.2) is 42.5 Å². The van der Waals surface area contributed by atoms with E-state index in [1.165, 1.54) is 0 Å². The van der Waals surface area contributed by atoms with Gasteiger partial charge in [0.25, 0.3) is 11.8 Å². The summed E-state index contributed by atoms with van der Waals surface area (Å²) in [6.07, 6.45) is 0. The van der Waals surface area contributed by atoms with E-state index < -0.39 is 23.8 Å². The predicted molar refractivity (Wildman–Crippen MR) is 97.1 cm³/mol. The molecule has 2 aromatic carbocycles. The lowest BCUT2D eigenvalue weighted by Crippen LogP contribution is -2.49. The first-order chi connectivity index (χ1) is 12.3. The minimum atomic E-state index is -0.985.